The molecule has 0 aliphatic carbocycles. The Balaban J connectivity index is 0.00000196. The molecule has 0 N–H and O–H groups in total. The maximum Gasteiger partial charge on any atom is -1.00 e. The van der Waals surface area contributed by atoms with Gasteiger partial charge in [-0.3, -0.25) is 0 Å². The van der Waals surface area contributed by atoms with Crippen molar-refractivity contribution in [2.24, 2.45) is 0 Å². The van der Waals surface area contributed by atoms with Gasteiger partial charge in [0.25, 0.3) is 0 Å². The van der Waals surface area contributed by atoms with Crippen LogP contribution in [0.5, 0.6) is 11.5 Å². The fourth-order valence-corrected chi connectivity index (χ4v) is 5.80. The normalized spacial score (nSPS) is 14.4. The fourth-order valence-electron chi connectivity index (χ4n) is 3.34. The molecule has 0 spiro atoms. The molecular weight excluding hydrogens is 447 g/mol. The summed E-state index contributed by atoms with van der Waals surface area (Å²) in [5.41, 5.74) is 5.29. The van der Waals surface area contributed by atoms with Gasteiger partial charge in [0.15, 0.2) is 0 Å². The van der Waals surface area contributed by atoms with E-state index >= 15 is 0 Å². The minimum absolute atomic E-state index is 0. The molecule has 0 amide bonds. The van der Waals surface area contributed by atoms with Crippen molar-refractivity contribution in [3.05, 3.63) is 52.6 Å². The predicted octanol–water partition coefficient (Wildman–Crippen LogP) is 0.451. The number of benzene rings is 2. The number of fused-ring (bicyclic) bond motifs is 2. The van der Waals surface area contributed by atoms with Crippen molar-refractivity contribution in [3.8, 4) is 11.5 Å². The van der Waals surface area contributed by atoms with Gasteiger partial charge in [0.1, 0.15) is 0 Å². The molecule has 2 aromatic rings. The minimum atomic E-state index is -0.972. The molecule has 1 heterocycles. The van der Waals surface area contributed by atoms with Crippen molar-refractivity contribution in [2.45, 2.75) is 69.9 Å². The smallest absolute Gasteiger partial charge is 1.00 e. The van der Waals surface area contributed by atoms with E-state index in [1.54, 1.807) is 0 Å². The predicted molar refractivity (Wildman–Crippen MR) is 106 cm³/mol. The van der Waals surface area contributed by atoms with Crippen LogP contribution in [0.2, 0.25) is 0 Å². The van der Waals surface area contributed by atoms with Crippen LogP contribution in [-0.4, -0.2) is 5.25 Å². The van der Waals surface area contributed by atoms with E-state index in [1.807, 2.05) is 11.8 Å². The van der Waals surface area contributed by atoms with Gasteiger partial charge in [-0.2, -0.15) is 0 Å². The van der Waals surface area contributed by atoms with Crippen molar-refractivity contribution in [3.63, 3.8) is 0 Å². The second kappa shape index (κ2) is 12.4. The Labute approximate surface area is 196 Å². The minimum Gasteiger partial charge on any atom is -1.00 e. The van der Waals surface area contributed by atoms with Crippen molar-refractivity contribution < 1.29 is 51.4 Å². The van der Waals surface area contributed by atoms with Gasteiger partial charge >= 0.3 is 172 Å². The van der Waals surface area contributed by atoms with Crippen LogP contribution in [0, 0.1) is 13.8 Å². The average molecular weight is 475 g/mol. The number of unbranched alkanes of at least 4 members (excludes halogenated alkanes) is 1. The van der Waals surface area contributed by atoms with Crippen LogP contribution in [0.25, 0.3) is 0 Å². The van der Waals surface area contributed by atoms with E-state index in [4.69, 9.17) is 6.64 Å². The van der Waals surface area contributed by atoms with Gasteiger partial charge in [-0.25, -0.2) is 0 Å². The zero-order chi connectivity index (χ0) is 18.5. The Morgan fingerprint density at radius 2 is 1.82 bits per heavy atom. The molecule has 0 aromatic heterocycles. The van der Waals surface area contributed by atoms with Crippen molar-refractivity contribution in [1.29, 1.82) is 0 Å². The van der Waals surface area contributed by atoms with Crippen LogP contribution < -0.4 is 31.5 Å². The summed E-state index contributed by atoms with van der Waals surface area (Å²) in [6.07, 6.45) is 5.77. The standard InChI is InChI=1S/C11H14OS.C11H16O.2ClH.Ti/c1-3-9-6-8-4-7(2)5-10(13-9)11(8)12;1-3-4-5-10-8-9(2)6-7-11(10)12;;;/h4-5,9,12H,3,6H2,1-2H3;6-8,12H,3-5H2,1-2H3;2*1H;/q;;;;+4/p-4. The van der Waals surface area contributed by atoms with E-state index < -0.39 is 19.9 Å². The number of halogens is 2. The molecule has 1 aliphatic rings. The Morgan fingerprint density at radius 3 is 2.50 bits per heavy atom. The van der Waals surface area contributed by atoms with E-state index in [0.717, 1.165) is 24.3 Å². The van der Waals surface area contributed by atoms with Gasteiger partial charge in [-0.15, -0.1) is 0 Å². The van der Waals surface area contributed by atoms with E-state index in [-0.39, 0.29) is 24.8 Å². The van der Waals surface area contributed by atoms with Gasteiger partial charge < -0.3 is 24.8 Å². The third kappa shape index (κ3) is 6.60. The molecule has 0 fully saturated rings. The Bertz CT molecular complexity index is 743. The summed E-state index contributed by atoms with van der Waals surface area (Å²) in [6, 6.07) is 11.0. The fraction of sp³-hybridized carbons (Fsp3) is 0.455. The largest absolute Gasteiger partial charge is 1.00 e. The first-order valence-electron chi connectivity index (χ1n) is 9.59. The molecular formula is C22H28Cl2O2STi. The SMILES string of the molecule is CCCCc1cc(C)ccc1[O][Ti+2][O]c1c2cc(C)cc1SC(CC)C2.[Cl-].[Cl-]. The van der Waals surface area contributed by atoms with Crippen molar-refractivity contribution >= 4 is 11.8 Å². The van der Waals surface area contributed by atoms with E-state index in [9.17, 15) is 0 Å². The zero-order valence-corrected chi connectivity index (χ0v) is 20.9. The zero-order valence-electron chi connectivity index (χ0n) is 17.0. The van der Waals surface area contributed by atoms with Crippen LogP contribution in [0.3, 0.4) is 0 Å². The second-order valence-electron chi connectivity index (χ2n) is 7.11. The Morgan fingerprint density at radius 1 is 1.04 bits per heavy atom. The molecule has 1 aliphatic heterocycles. The molecule has 2 aromatic carbocycles. The summed E-state index contributed by atoms with van der Waals surface area (Å²) in [5.74, 6) is 2.09. The average Bonchev–Trinajstić information content (AvgIpc) is 2.61. The molecule has 2 nitrogen and oxygen atoms in total. The van der Waals surface area contributed by atoms with Gasteiger partial charge in [0, 0.05) is 0 Å². The van der Waals surface area contributed by atoms with Gasteiger partial charge in [0.05, 0.1) is 0 Å². The van der Waals surface area contributed by atoms with Crippen molar-refractivity contribution in [2.75, 3.05) is 0 Å². The summed E-state index contributed by atoms with van der Waals surface area (Å²) in [4.78, 5) is 1.29. The Hall–Kier alpha value is -0.316. The monoisotopic (exact) mass is 474 g/mol. The second-order valence-corrected chi connectivity index (χ2v) is 9.35. The number of hydrogen-bond donors (Lipinski definition) is 0. The van der Waals surface area contributed by atoms with Crippen LogP contribution >= 0.6 is 11.8 Å². The first kappa shape index (κ1) is 25.7. The first-order valence-corrected chi connectivity index (χ1v) is 11.7. The van der Waals surface area contributed by atoms with Gasteiger partial charge in [0.2, 0.25) is 0 Å². The van der Waals surface area contributed by atoms with Crippen LogP contribution in [0.15, 0.2) is 35.2 Å². The number of aryl methyl sites for hydroxylation is 3. The molecule has 2 bridgehead atoms. The van der Waals surface area contributed by atoms with Crippen LogP contribution in [0.4, 0.5) is 0 Å². The summed E-state index contributed by atoms with van der Waals surface area (Å²) < 4.78 is 12.4. The molecule has 3 rings (SSSR count). The van der Waals surface area contributed by atoms with E-state index in [1.165, 1.54) is 46.4 Å². The van der Waals surface area contributed by atoms with Crippen LogP contribution in [-0.2, 0) is 32.8 Å². The molecule has 28 heavy (non-hydrogen) atoms. The Kier molecular flexibility index (Phi) is 11.4. The van der Waals surface area contributed by atoms with Gasteiger partial charge in [-0.05, 0) is 0 Å². The summed E-state index contributed by atoms with van der Waals surface area (Å²) in [5, 5.41) is 0.673. The third-order valence-electron chi connectivity index (χ3n) is 4.78. The molecule has 0 radical (unpaired) electrons. The van der Waals surface area contributed by atoms with E-state index in [2.05, 4.69) is 58.0 Å². The maximum atomic E-state index is 6.23. The molecule has 0 saturated carbocycles. The molecule has 1 unspecified atom stereocenters. The van der Waals surface area contributed by atoms with Crippen molar-refractivity contribution in [1.82, 2.24) is 0 Å². The summed E-state index contributed by atoms with van der Waals surface area (Å²) in [7, 11) is 0. The van der Waals surface area contributed by atoms with Gasteiger partial charge in [-0.1, -0.05) is 0 Å². The first-order chi connectivity index (χ1) is 12.6. The summed E-state index contributed by atoms with van der Waals surface area (Å²) >= 11 is 0.991. The number of thioether (sulfide) groups is 1. The van der Waals surface area contributed by atoms with Crippen LogP contribution in [0.1, 0.15) is 55.4 Å². The molecule has 1 atom stereocenters. The quantitative estimate of drug-likeness (QED) is 0.517. The third-order valence-corrected chi connectivity index (χ3v) is 7.10. The molecule has 0 saturated heterocycles. The molecule has 6 heteroatoms. The molecule has 152 valence electrons. The number of hydrogen-bond acceptors (Lipinski definition) is 3. The summed E-state index contributed by atoms with van der Waals surface area (Å²) in [6.45, 7) is 8.81. The topological polar surface area (TPSA) is 18.5 Å². The maximum absolute atomic E-state index is 6.23. The van der Waals surface area contributed by atoms with E-state index in [0.29, 0.717) is 5.25 Å². The number of rotatable bonds is 8.